The molecule has 0 unspecified atom stereocenters. The molecule has 0 fully saturated rings. The summed E-state index contributed by atoms with van der Waals surface area (Å²) in [6.45, 7) is -0.0676. The van der Waals surface area contributed by atoms with Crippen LogP contribution in [0.25, 0.3) is 5.65 Å². The Balaban J connectivity index is 1.88. The molecule has 3 heterocycles. The highest BCUT2D eigenvalue weighted by Crippen LogP contribution is 2.05. The van der Waals surface area contributed by atoms with Crippen molar-refractivity contribution >= 4 is 15.7 Å². The number of nitrogens with one attached hydrogen (secondary N) is 2. The van der Waals surface area contributed by atoms with Crippen molar-refractivity contribution in [3.8, 4) is 0 Å². The zero-order valence-electron chi connectivity index (χ0n) is 10.7. The van der Waals surface area contributed by atoms with Gasteiger partial charge in [0.05, 0.1) is 6.54 Å². The summed E-state index contributed by atoms with van der Waals surface area (Å²) in [4.78, 5) is 13.8. The van der Waals surface area contributed by atoms with Crippen LogP contribution in [0.1, 0.15) is 5.82 Å². The van der Waals surface area contributed by atoms with Crippen molar-refractivity contribution in [1.82, 2.24) is 24.3 Å². The van der Waals surface area contributed by atoms with E-state index in [1.165, 1.54) is 6.20 Å². The Labute approximate surface area is 119 Å². The molecule has 2 N–H and O–H groups in total. The van der Waals surface area contributed by atoms with Crippen molar-refractivity contribution in [1.29, 1.82) is 0 Å². The number of nitrogens with zero attached hydrogens (tertiary/aromatic N) is 3. The normalized spacial score (nSPS) is 11.8. The fourth-order valence-corrected chi connectivity index (χ4v) is 2.89. The minimum absolute atomic E-state index is 0.0676. The molecule has 3 aromatic rings. The number of aromatic nitrogens is 4. The van der Waals surface area contributed by atoms with Gasteiger partial charge >= 0.3 is 0 Å². The molecule has 21 heavy (non-hydrogen) atoms. The minimum Gasteiger partial charge on any atom is -0.366 e. The molecule has 0 atom stereocenters. The number of rotatable bonds is 4. The average molecular weight is 305 g/mol. The van der Waals surface area contributed by atoms with Gasteiger partial charge in [0.1, 0.15) is 4.90 Å². The van der Waals surface area contributed by atoms with Crippen LogP contribution < -0.4 is 10.2 Å². The molecule has 0 aliphatic heterocycles. The Morgan fingerprint density at radius 2 is 2.10 bits per heavy atom. The van der Waals surface area contributed by atoms with E-state index in [2.05, 4.69) is 19.9 Å². The van der Waals surface area contributed by atoms with Crippen molar-refractivity contribution in [3.63, 3.8) is 0 Å². The molecule has 0 bridgehead atoms. The van der Waals surface area contributed by atoms with Gasteiger partial charge in [-0.25, -0.2) is 13.1 Å². The summed E-state index contributed by atoms with van der Waals surface area (Å²) in [6, 6.07) is 6.51. The maximum absolute atomic E-state index is 12.1. The smallest absolute Gasteiger partial charge is 0.246 e. The van der Waals surface area contributed by atoms with Gasteiger partial charge in [-0.2, -0.15) is 0 Å². The van der Waals surface area contributed by atoms with E-state index in [4.69, 9.17) is 0 Å². The molecule has 108 valence electrons. The van der Waals surface area contributed by atoms with Crippen LogP contribution in [-0.4, -0.2) is 28.0 Å². The van der Waals surface area contributed by atoms with E-state index < -0.39 is 15.5 Å². The van der Waals surface area contributed by atoms with Crippen LogP contribution in [0.5, 0.6) is 0 Å². The second-order valence-corrected chi connectivity index (χ2v) is 5.98. The summed E-state index contributed by atoms with van der Waals surface area (Å²) >= 11 is 0. The molecular weight excluding hydrogens is 294 g/mol. The Bertz CT molecular complexity index is 944. The average Bonchev–Trinajstić information content (AvgIpc) is 2.89. The van der Waals surface area contributed by atoms with E-state index in [1.54, 1.807) is 22.7 Å². The van der Waals surface area contributed by atoms with Crippen molar-refractivity contribution in [2.75, 3.05) is 0 Å². The third-order valence-corrected chi connectivity index (χ3v) is 4.30. The summed E-state index contributed by atoms with van der Waals surface area (Å²) in [6.07, 6.45) is 4.24. The number of H-pyrrole nitrogens is 1. The van der Waals surface area contributed by atoms with E-state index in [1.807, 2.05) is 6.07 Å². The second kappa shape index (κ2) is 5.11. The number of aromatic amines is 1. The minimum atomic E-state index is -3.91. The van der Waals surface area contributed by atoms with Gasteiger partial charge in [0.25, 0.3) is 0 Å². The first-order valence-electron chi connectivity index (χ1n) is 6.03. The van der Waals surface area contributed by atoms with Crippen LogP contribution >= 0.6 is 0 Å². The molecule has 3 aromatic heterocycles. The maximum Gasteiger partial charge on any atom is 0.246 e. The number of sulfonamides is 1. The van der Waals surface area contributed by atoms with Gasteiger partial charge in [-0.3, -0.25) is 9.20 Å². The Morgan fingerprint density at radius 1 is 1.24 bits per heavy atom. The lowest BCUT2D eigenvalue weighted by atomic mass is 10.5. The topological polar surface area (TPSA) is 109 Å². The van der Waals surface area contributed by atoms with Crippen LogP contribution in [0.15, 0.2) is 52.5 Å². The predicted molar refractivity (Wildman–Crippen MR) is 74.1 cm³/mol. The van der Waals surface area contributed by atoms with Gasteiger partial charge in [0, 0.05) is 24.7 Å². The highest BCUT2D eigenvalue weighted by atomic mass is 32.2. The summed E-state index contributed by atoms with van der Waals surface area (Å²) < 4.78 is 28.2. The molecule has 9 heteroatoms. The van der Waals surface area contributed by atoms with Gasteiger partial charge in [-0.05, 0) is 12.1 Å². The van der Waals surface area contributed by atoms with E-state index in [0.717, 1.165) is 12.3 Å². The van der Waals surface area contributed by atoms with Gasteiger partial charge in [-0.1, -0.05) is 6.07 Å². The molecule has 0 saturated carbocycles. The zero-order valence-corrected chi connectivity index (χ0v) is 11.5. The van der Waals surface area contributed by atoms with Crippen molar-refractivity contribution in [3.05, 3.63) is 58.9 Å². The SMILES string of the molecule is O=c1cc[nH]cc1S(=O)(=O)NCc1nnc2ccccn12. The van der Waals surface area contributed by atoms with Gasteiger partial charge in [0.15, 0.2) is 11.5 Å². The third kappa shape index (κ3) is 2.56. The Kier molecular flexibility index (Phi) is 3.28. The maximum atomic E-state index is 12.1. The van der Waals surface area contributed by atoms with Gasteiger partial charge in [-0.15, -0.1) is 10.2 Å². The highest BCUT2D eigenvalue weighted by molar-refractivity contribution is 7.89. The van der Waals surface area contributed by atoms with Crippen LogP contribution in [0.3, 0.4) is 0 Å². The molecule has 0 spiro atoms. The molecule has 0 aromatic carbocycles. The molecule has 0 amide bonds. The number of fused-ring (bicyclic) bond motifs is 1. The Hall–Kier alpha value is -2.52. The number of pyridine rings is 2. The quantitative estimate of drug-likeness (QED) is 0.699. The monoisotopic (exact) mass is 305 g/mol. The molecule has 8 nitrogen and oxygen atoms in total. The summed E-state index contributed by atoms with van der Waals surface area (Å²) in [7, 11) is -3.91. The second-order valence-electron chi connectivity index (χ2n) is 4.24. The number of hydrogen-bond donors (Lipinski definition) is 2. The molecule has 3 rings (SSSR count). The molecule has 0 saturated heterocycles. The molecular formula is C12H11N5O3S. The van der Waals surface area contributed by atoms with Crippen molar-refractivity contribution in [2.45, 2.75) is 11.4 Å². The largest absolute Gasteiger partial charge is 0.366 e. The lowest BCUT2D eigenvalue weighted by Gasteiger charge is -2.04. The van der Waals surface area contributed by atoms with E-state index in [0.29, 0.717) is 11.5 Å². The van der Waals surface area contributed by atoms with Crippen LogP contribution in [-0.2, 0) is 16.6 Å². The van der Waals surface area contributed by atoms with E-state index in [9.17, 15) is 13.2 Å². The first-order valence-corrected chi connectivity index (χ1v) is 7.52. The summed E-state index contributed by atoms with van der Waals surface area (Å²) in [5.41, 5.74) is 0.0385. The first kappa shape index (κ1) is 13.5. The molecule has 0 aliphatic rings. The summed E-state index contributed by atoms with van der Waals surface area (Å²) in [5.74, 6) is 0.432. The van der Waals surface area contributed by atoms with Crippen molar-refractivity contribution < 1.29 is 8.42 Å². The fraction of sp³-hybridized carbons (Fsp3) is 0.0833. The highest BCUT2D eigenvalue weighted by Gasteiger charge is 2.18. The fourth-order valence-electron chi connectivity index (χ4n) is 1.86. The Morgan fingerprint density at radius 3 is 2.90 bits per heavy atom. The van der Waals surface area contributed by atoms with Crippen LogP contribution in [0.2, 0.25) is 0 Å². The van der Waals surface area contributed by atoms with Gasteiger partial charge < -0.3 is 4.98 Å². The van der Waals surface area contributed by atoms with E-state index >= 15 is 0 Å². The number of hydrogen-bond acceptors (Lipinski definition) is 5. The first-order chi connectivity index (χ1) is 10.1. The van der Waals surface area contributed by atoms with Crippen LogP contribution in [0.4, 0.5) is 0 Å². The lowest BCUT2D eigenvalue weighted by Crippen LogP contribution is -2.28. The van der Waals surface area contributed by atoms with Crippen LogP contribution in [0, 0.1) is 0 Å². The molecule has 0 radical (unpaired) electrons. The standard InChI is InChI=1S/C12H11N5O3S/c18-9-4-5-13-7-10(9)21(19,20)14-8-12-16-15-11-3-1-2-6-17(11)12/h1-7,14H,8H2,(H,13,18). The van der Waals surface area contributed by atoms with Crippen molar-refractivity contribution in [2.24, 2.45) is 0 Å². The van der Waals surface area contributed by atoms with Gasteiger partial charge in [0.2, 0.25) is 15.5 Å². The zero-order chi connectivity index (χ0) is 14.9. The predicted octanol–water partition coefficient (Wildman–Crippen LogP) is -0.104. The van der Waals surface area contributed by atoms with E-state index in [-0.39, 0.29) is 11.4 Å². The summed E-state index contributed by atoms with van der Waals surface area (Å²) in [5, 5.41) is 7.83. The third-order valence-electron chi connectivity index (χ3n) is 2.88. The molecule has 0 aliphatic carbocycles. The lowest BCUT2D eigenvalue weighted by molar-refractivity contribution is 0.577.